The maximum Gasteiger partial charge on any atom is 0.417 e. The lowest BCUT2D eigenvalue weighted by Gasteiger charge is -2.35. The van der Waals surface area contributed by atoms with Crippen molar-refractivity contribution < 1.29 is 31.1 Å². The summed E-state index contributed by atoms with van der Waals surface area (Å²) in [4.78, 5) is 20.2. The van der Waals surface area contributed by atoms with Crippen LogP contribution in [0, 0.1) is 0 Å². The molecule has 0 radical (unpaired) electrons. The Bertz CT molecular complexity index is 1130. The summed E-state index contributed by atoms with van der Waals surface area (Å²) in [5.41, 5.74) is -0.602. The molecule has 178 valence electrons. The van der Waals surface area contributed by atoms with Gasteiger partial charge < -0.3 is 14.5 Å². The van der Waals surface area contributed by atoms with Gasteiger partial charge in [-0.3, -0.25) is 4.79 Å². The lowest BCUT2D eigenvalue weighted by molar-refractivity contribution is -0.137. The molecule has 1 saturated carbocycles. The number of hydrogen-bond donors (Lipinski definition) is 1. The summed E-state index contributed by atoms with van der Waals surface area (Å²) in [5, 5.41) is 0. The molecule has 2 fully saturated rings. The number of carbonyl (C=O) groups excluding carboxylic acids is 1. The maximum absolute atomic E-state index is 13.0. The number of nitrogens with zero attached hydrogens (tertiary/aromatic N) is 3. The van der Waals surface area contributed by atoms with Gasteiger partial charge in [0.25, 0.3) is 5.91 Å². The summed E-state index contributed by atoms with van der Waals surface area (Å²) < 4.78 is 71.4. The van der Waals surface area contributed by atoms with Crippen LogP contribution in [-0.2, 0) is 16.2 Å². The molecule has 1 aliphatic heterocycles. The van der Waals surface area contributed by atoms with Crippen LogP contribution in [0.15, 0.2) is 41.4 Å². The van der Waals surface area contributed by atoms with Crippen molar-refractivity contribution in [2.75, 3.05) is 38.2 Å². The molecule has 1 aromatic heterocycles. The summed E-state index contributed by atoms with van der Waals surface area (Å²) in [7, 11) is -2.47. The van der Waals surface area contributed by atoms with Gasteiger partial charge in [0.05, 0.1) is 12.7 Å². The number of aromatic nitrogens is 1. The second-order valence-corrected chi connectivity index (χ2v) is 9.63. The van der Waals surface area contributed by atoms with Gasteiger partial charge in [-0.25, -0.2) is 18.1 Å². The fourth-order valence-electron chi connectivity index (χ4n) is 3.57. The molecule has 1 saturated heterocycles. The number of halogens is 3. The van der Waals surface area contributed by atoms with E-state index in [9.17, 15) is 26.4 Å². The normalized spacial score (nSPS) is 17.2. The Balaban J connectivity index is 1.45. The van der Waals surface area contributed by atoms with Crippen LogP contribution < -0.4 is 14.4 Å². The maximum atomic E-state index is 13.0. The Morgan fingerprint density at radius 3 is 2.36 bits per heavy atom. The lowest BCUT2D eigenvalue weighted by Crippen LogP contribution is -2.49. The molecule has 12 heteroatoms. The third-order valence-corrected chi connectivity index (χ3v) is 7.11. The van der Waals surface area contributed by atoms with E-state index in [0.717, 1.165) is 25.1 Å². The average Bonchev–Trinajstić information content (AvgIpc) is 3.61. The highest BCUT2D eigenvalue weighted by atomic mass is 32.2. The predicted molar refractivity (Wildman–Crippen MR) is 114 cm³/mol. The van der Waals surface area contributed by atoms with Crippen LogP contribution >= 0.6 is 0 Å². The van der Waals surface area contributed by atoms with Crippen molar-refractivity contribution in [1.29, 1.82) is 0 Å². The molecule has 2 aliphatic rings. The molecule has 1 amide bonds. The van der Waals surface area contributed by atoms with Gasteiger partial charge in [0.2, 0.25) is 10.0 Å². The molecular weight excluding hydrogens is 461 g/mol. The van der Waals surface area contributed by atoms with Crippen LogP contribution in [0.4, 0.5) is 19.0 Å². The van der Waals surface area contributed by atoms with Crippen molar-refractivity contribution in [2.24, 2.45) is 0 Å². The number of methoxy groups -OCH3 is 1. The van der Waals surface area contributed by atoms with Crippen molar-refractivity contribution in [2.45, 2.75) is 30.0 Å². The van der Waals surface area contributed by atoms with Crippen molar-refractivity contribution >= 4 is 21.7 Å². The van der Waals surface area contributed by atoms with E-state index in [1.165, 1.54) is 31.4 Å². The third-order valence-electron chi connectivity index (χ3n) is 5.57. The first-order valence-corrected chi connectivity index (χ1v) is 11.8. The van der Waals surface area contributed by atoms with Gasteiger partial charge in [0, 0.05) is 44.0 Å². The number of nitrogens with one attached hydrogen (secondary N) is 1. The Hall–Kier alpha value is -2.86. The Labute approximate surface area is 189 Å². The minimum atomic E-state index is -4.45. The van der Waals surface area contributed by atoms with Gasteiger partial charge >= 0.3 is 6.18 Å². The van der Waals surface area contributed by atoms with E-state index in [0.29, 0.717) is 32.0 Å². The number of pyridine rings is 1. The number of hydrogen-bond acceptors (Lipinski definition) is 6. The first kappa shape index (κ1) is 23.3. The van der Waals surface area contributed by atoms with Crippen molar-refractivity contribution in [3.63, 3.8) is 0 Å². The molecule has 2 heterocycles. The molecule has 2 aromatic rings. The van der Waals surface area contributed by atoms with Gasteiger partial charge in [-0.2, -0.15) is 13.2 Å². The number of ether oxygens (including phenoxy) is 1. The second kappa shape index (κ2) is 8.82. The van der Waals surface area contributed by atoms with Crippen LogP contribution in [-0.4, -0.2) is 63.5 Å². The first-order valence-electron chi connectivity index (χ1n) is 10.4. The van der Waals surface area contributed by atoms with Gasteiger partial charge in [0.15, 0.2) is 0 Å². The number of anilines is 1. The van der Waals surface area contributed by atoms with Crippen molar-refractivity contribution in [3.8, 4) is 5.75 Å². The zero-order valence-corrected chi connectivity index (χ0v) is 18.6. The molecule has 0 unspecified atom stereocenters. The van der Waals surface area contributed by atoms with Crippen LogP contribution in [0.1, 0.15) is 28.8 Å². The molecule has 1 aliphatic carbocycles. The Morgan fingerprint density at radius 2 is 1.82 bits per heavy atom. The number of piperazine rings is 1. The highest BCUT2D eigenvalue weighted by molar-refractivity contribution is 7.89. The number of amides is 1. The van der Waals surface area contributed by atoms with Gasteiger partial charge in [0.1, 0.15) is 16.5 Å². The molecule has 33 heavy (non-hydrogen) atoms. The van der Waals surface area contributed by atoms with Crippen LogP contribution in [0.3, 0.4) is 0 Å². The quantitative estimate of drug-likeness (QED) is 0.678. The monoisotopic (exact) mass is 484 g/mol. The van der Waals surface area contributed by atoms with Gasteiger partial charge in [-0.1, -0.05) is 0 Å². The van der Waals surface area contributed by atoms with E-state index in [4.69, 9.17) is 4.74 Å². The zero-order valence-electron chi connectivity index (χ0n) is 17.8. The number of benzene rings is 1. The minimum absolute atomic E-state index is 0.0876. The summed E-state index contributed by atoms with van der Waals surface area (Å²) in [6, 6.07) is 6.49. The largest absolute Gasteiger partial charge is 0.495 e. The molecule has 4 rings (SSSR count). The Kier molecular flexibility index (Phi) is 6.23. The summed E-state index contributed by atoms with van der Waals surface area (Å²) >= 11 is 0. The zero-order chi connectivity index (χ0) is 23.8. The van der Waals surface area contributed by atoms with E-state index in [-0.39, 0.29) is 28.2 Å². The molecular formula is C21H23F3N4O4S. The Morgan fingerprint density at radius 1 is 1.12 bits per heavy atom. The van der Waals surface area contributed by atoms with E-state index in [2.05, 4.69) is 9.71 Å². The number of carbonyl (C=O) groups is 1. The molecule has 0 bridgehead atoms. The first-order chi connectivity index (χ1) is 15.6. The highest BCUT2D eigenvalue weighted by Gasteiger charge is 2.32. The van der Waals surface area contributed by atoms with E-state index < -0.39 is 21.8 Å². The standard InChI is InChI=1S/C21H23F3N4O4S/c1-32-17-6-2-14(12-18(17)33(30,31)26-16-4-5-16)20(29)28-10-8-27(9-11-28)19-7-3-15(13-25-19)21(22,23)24/h2-3,6-7,12-13,16,26H,4-5,8-11H2,1H3. The SMILES string of the molecule is COc1ccc(C(=O)N2CCN(c3ccc(C(F)(F)F)cn3)CC2)cc1S(=O)(=O)NC1CC1. The van der Waals surface area contributed by atoms with Crippen LogP contribution in [0.25, 0.3) is 0 Å². The predicted octanol–water partition coefficient (Wildman–Crippen LogP) is 2.51. The van der Waals surface area contributed by atoms with Crippen molar-refractivity contribution in [1.82, 2.24) is 14.6 Å². The fourth-order valence-corrected chi connectivity index (χ4v) is 5.07. The molecule has 1 N–H and O–H groups in total. The minimum Gasteiger partial charge on any atom is -0.495 e. The van der Waals surface area contributed by atoms with Crippen LogP contribution in [0.2, 0.25) is 0 Å². The fraction of sp³-hybridized carbons (Fsp3) is 0.429. The third kappa shape index (κ3) is 5.22. The topological polar surface area (TPSA) is 91.8 Å². The lowest BCUT2D eigenvalue weighted by atomic mass is 10.1. The molecule has 0 atom stereocenters. The van der Waals surface area contributed by atoms with Gasteiger partial charge in [-0.05, 0) is 43.2 Å². The summed E-state index contributed by atoms with van der Waals surface area (Å²) in [6.07, 6.45) is -2.10. The van der Waals surface area contributed by atoms with E-state index >= 15 is 0 Å². The second-order valence-electron chi connectivity index (χ2n) is 7.94. The van der Waals surface area contributed by atoms with Crippen LogP contribution in [0.5, 0.6) is 5.75 Å². The van der Waals surface area contributed by atoms with Gasteiger partial charge in [-0.15, -0.1) is 0 Å². The van der Waals surface area contributed by atoms with E-state index in [1.807, 2.05) is 0 Å². The summed E-state index contributed by atoms with van der Waals surface area (Å²) in [5.74, 6) is 0.220. The van der Waals surface area contributed by atoms with E-state index in [1.54, 1.807) is 9.80 Å². The molecule has 1 aromatic carbocycles. The summed E-state index contributed by atoms with van der Waals surface area (Å²) in [6.45, 7) is 1.40. The molecule has 0 spiro atoms. The molecule has 8 nitrogen and oxygen atoms in total. The number of alkyl halides is 3. The smallest absolute Gasteiger partial charge is 0.417 e. The number of rotatable bonds is 6. The highest BCUT2D eigenvalue weighted by Crippen LogP contribution is 2.30. The number of sulfonamides is 1. The van der Waals surface area contributed by atoms with Crippen molar-refractivity contribution in [3.05, 3.63) is 47.7 Å². The average molecular weight is 485 g/mol.